The summed E-state index contributed by atoms with van der Waals surface area (Å²) in [6.45, 7) is 2.13. The zero-order chi connectivity index (χ0) is 9.56. The maximum Gasteiger partial charge on any atom is 0.631 e. The Kier molecular flexibility index (Phi) is 7.71. The Bertz CT molecular complexity index is 210. The van der Waals surface area contributed by atoms with Gasteiger partial charge in [-0.05, 0) is 0 Å². The van der Waals surface area contributed by atoms with E-state index in [1.54, 1.807) is 0 Å². The Morgan fingerprint density at radius 3 is 2.00 bits per heavy atom. The monoisotopic (exact) mass is 192 g/mol. The summed E-state index contributed by atoms with van der Waals surface area (Å²) in [4.78, 5) is 0. The van der Waals surface area contributed by atoms with Crippen molar-refractivity contribution in [2.24, 2.45) is 0 Å². The van der Waals surface area contributed by atoms with Crippen LogP contribution in [0.2, 0.25) is 0 Å². The Hall–Kier alpha value is 0.801. The third-order valence-corrected chi connectivity index (χ3v) is 2.14. The van der Waals surface area contributed by atoms with Crippen molar-refractivity contribution in [2.75, 3.05) is 0 Å². The molecule has 1 rings (SSSR count). The molecular weight excluding hydrogens is 182 g/mol. The molecule has 5 heteroatoms. The van der Waals surface area contributed by atoms with E-state index in [2.05, 4.69) is 31.2 Å². The van der Waals surface area contributed by atoms with Crippen LogP contribution >= 0.6 is 0 Å². The normalized spacial score (nSPS) is 8.50. The van der Waals surface area contributed by atoms with Crippen LogP contribution in [0, 0.1) is 6.92 Å². The molecular formula is C7H10BKO3. The molecule has 0 bridgehead atoms. The maximum atomic E-state index is 7.17. The second-order valence-electron chi connectivity index (χ2n) is 2.50. The number of rotatable bonds is 0. The van der Waals surface area contributed by atoms with Crippen LogP contribution < -0.4 is -0.342 Å². The van der Waals surface area contributed by atoms with E-state index in [1.807, 2.05) is 0 Å². The van der Waals surface area contributed by atoms with Gasteiger partial charge in [0.05, 0.1) is 0 Å². The van der Waals surface area contributed by atoms with Crippen molar-refractivity contribution < 1.29 is 15.1 Å². The summed E-state index contributed by atoms with van der Waals surface area (Å²) in [7, 11) is -2.17. The molecule has 1 aromatic carbocycles. The van der Waals surface area contributed by atoms with Crippen molar-refractivity contribution in [1.82, 2.24) is 0 Å². The van der Waals surface area contributed by atoms with E-state index in [-0.39, 0.29) is 0 Å². The van der Waals surface area contributed by atoms with Crippen molar-refractivity contribution in [3.05, 3.63) is 29.8 Å². The minimum Gasteiger partial charge on any atom is -0.402 e. The molecule has 60 valence electrons. The summed E-state index contributed by atoms with van der Waals surface area (Å²) in [6, 6.07) is 8.69. The molecule has 1 aromatic rings. The van der Waals surface area contributed by atoms with Crippen molar-refractivity contribution in [3.63, 3.8) is 0 Å². The number of hydrogen-bond acceptors (Lipinski definition) is 3. The first-order valence-electron chi connectivity index (χ1n) is 3.60. The van der Waals surface area contributed by atoms with E-state index in [0.29, 0.717) is 0 Å². The number of hydrogen-bond donors (Lipinski definition) is 3. The van der Waals surface area contributed by atoms with Gasteiger partial charge in [-0.25, -0.2) is 0 Å². The van der Waals surface area contributed by atoms with E-state index < -0.39 is 7.32 Å². The van der Waals surface area contributed by atoms with Crippen LogP contribution in [0.3, 0.4) is 0 Å². The predicted molar refractivity (Wildman–Crippen MR) is 49.0 cm³/mol. The van der Waals surface area contributed by atoms with Crippen LogP contribution in [-0.4, -0.2) is 71.3 Å². The van der Waals surface area contributed by atoms with Crippen molar-refractivity contribution >= 4 is 55.9 Å². The topological polar surface area (TPSA) is 60.7 Å². The summed E-state index contributed by atoms with van der Waals surface area (Å²) in [6.07, 6.45) is 0. The molecule has 0 aromatic heterocycles. The molecule has 0 aliphatic carbocycles. The Morgan fingerprint density at radius 1 is 1.25 bits per heavy atom. The van der Waals surface area contributed by atoms with E-state index in [4.69, 9.17) is 15.1 Å². The van der Waals surface area contributed by atoms with E-state index in [1.165, 1.54) is 5.22 Å². The molecule has 0 heterocycles. The van der Waals surface area contributed by atoms with Gasteiger partial charge in [0.25, 0.3) is 0 Å². The molecule has 0 fully saturated rings. The van der Waals surface area contributed by atoms with Gasteiger partial charge in [0.2, 0.25) is 0 Å². The summed E-state index contributed by atoms with van der Waals surface area (Å²) in [5.74, 6) is 0. The van der Waals surface area contributed by atoms with E-state index in [9.17, 15) is 0 Å². The fraction of sp³-hybridized carbons (Fsp3) is 0.143. The van der Waals surface area contributed by atoms with Crippen LogP contribution in [0.1, 0.15) is 5.56 Å². The van der Waals surface area contributed by atoms with E-state index in [0.717, 1.165) is 49.0 Å². The van der Waals surface area contributed by atoms with Crippen molar-refractivity contribution in [2.45, 2.75) is 6.92 Å². The Balaban J connectivity index is 0.000000261. The molecule has 3 N–H and O–H groups in total. The molecule has 12 heavy (non-hydrogen) atoms. The smallest absolute Gasteiger partial charge is 0.402 e. The zero-order valence-corrected chi connectivity index (χ0v) is 10.4. The van der Waals surface area contributed by atoms with Gasteiger partial charge in [-0.15, -0.1) is 0 Å². The van der Waals surface area contributed by atoms with Gasteiger partial charge in [-0.3, -0.25) is 0 Å². The molecule has 0 saturated carbocycles. The van der Waals surface area contributed by atoms with Crippen LogP contribution in [0.4, 0.5) is 0 Å². The SMILES string of the molecule is Cc1ccc[c]([K])c1.OB(O)O. The minimum atomic E-state index is -2.17. The van der Waals surface area contributed by atoms with Gasteiger partial charge in [-0.1, -0.05) is 0 Å². The standard InChI is InChI=1S/C7H7.BH3O3.K/c1-7-5-3-2-4-6-7;2-1(3)4;/h2-3,5-6H,1H3;2-4H;. The van der Waals surface area contributed by atoms with Crippen LogP contribution in [-0.2, 0) is 0 Å². The number of aryl methyl sites for hydroxylation is 1. The van der Waals surface area contributed by atoms with Crippen molar-refractivity contribution in [3.8, 4) is 0 Å². The molecule has 0 atom stereocenters. The summed E-state index contributed by atoms with van der Waals surface area (Å²) >= 11 is 0.846. The molecule has 0 spiro atoms. The summed E-state index contributed by atoms with van der Waals surface area (Å²) in [5.41, 5.74) is 1.38. The van der Waals surface area contributed by atoms with Gasteiger partial charge in [0.15, 0.2) is 0 Å². The van der Waals surface area contributed by atoms with Crippen molar-refractivity contribution in [1.29, 1.82) is 0 Å². The van der Waals surface area contributed by atoms with Gasteiger partial charge in [0.1, 0.15) is 0 Å². The second kappa shape index (κ2) is 7.23. The van der Waals surface area contributed by atoms with Gasteiger partial charge < -0.3 is 15.1 Å². The van der Waals surface area contributed by atoms with Gasteiger partial charge in [0, 0.05) is 0 Å². The van der Waals surface area contributed by atoms with Gasteiger partial charge >= 0.3 is 92.7 Å². The molecule has 0 aliphatic heterocycles. The Morgan fingerprint density at radius 2 is 1.75 bits per heavy atom. The largest absolute Gasteiger partial charge is 0.631 e. The first kappa shape index (κ1) is 12.8. The molecule has 0 aliphatic rings. The molecule has 0 radical (unpaired) electrons. The average molecular weight is 192 g/mol. The first-order valence-corrected chi connectivity index (χ1v) is 5.16. The molecule has 0 unspecified atom stereocenters. The molecule has 3 nitrogen and oxygen atoms in total. The average Bonchev–Trinajstić information content (AvgIpc) is 1.84. The second-order valence-corrected chi connectivity index (χ2v) is 4.31. The molecule has 0 amide bonds. The fourth-order valence-corrected chi connectivity index (χ4v) is 1.82. The predicted octanol–water partition coefficient (Wildman–Crippen LogP) is -1.26. The summed E-state index contributed by atoms with van der Waals surface area (Å²) in [5, 5.41) is 21.5. The number of benzene rings is 1. The quantitative estimate of drug-likeness (QED) is 0.449. The molecule has 0 saturated heterocycles. The fourth-order valence-electron chi connectivity index (χ4n) is 0.807. The summed E-state index contributed by atoms with van der Waals surface area (Å²) < 4.78 is 1.53. The van der Waals surface area contributed by atoms with Crippen LogP contribution in [0.25, 0.3) is 0 Å². The van der Waals surface area contributed by atoms with E-state index >= 15 is 0 Å². The minimum absolute atomic E-state index is 0.846. The van der Waals surface area contributed by atoms with Crippen LogP contribution in [0.5, 0.6) is 0 Å². The maximum absolute atomic E-state index is 7.17. The first-order chi connectivity index (χ1) is 5.52. The van der Waals surface area contributed by atoms with Gasteiger partial charge in [-0.2, -0.15) is 0 Å². The third kappa shape index (κ3) is 8.89. The zero-order valence-electron chi connectivity index (χ0n) is 7.23. The Labute approximate surface area is 106 Å². The van der Waals surface area contributed by atoms with Crippen LogP contribution in [0.15, 0.2) is 24.3 Å². The third-order valence-electron chi connectivity index (χ3n) is 1.17.